The predicted molar refractivity (Wildman–Crippen MR) is 169 cm³/mol. The highest BCUT2D eigenvalue weighted by molar-refractivity contribution is 6.03. The van der Waals surface area contributed by atoms with Gasteiger partial charge >= 0.3 is 18.4 Å². The Labute approximate surface area is 272 Å². The van der Waals surface area contributed by atoms with Gasteiger partial charge in [-0.3, -0.25) is 4.79 Å². The summed E-state index contributed by atoms with van der Waals surface area (Å²) in [5.74, 6) is -0.437. The van der Waals surface area contributed by atoms with Gasteiger partial charge < -0.3 is 30.1 Å². The zero-order chi connectivity index (χ0) is 35.6. The standard InChI is InChI=1S/C31H34F6N8O3/c1-7-26(46)39-22-14-23(25(48-6)15-24(22)43(5)13-12-42(3)4)40-28-38-16-19-17-44(18(2)30(32,33)34)29(47)45(27(19)41-28)21-10-8-20(9-11-21)31(35,36)37/h7-11,14-16,18H,1,12-13,17H2,2-6H3,(H,39,46)(H,38,40,41)/t18-/m1/s1. The molecule has 1 atom stereocenters. The lowest BCUT2D eigenvalue weighted by atomic mass is 10.1. The van der Waals surface area contributed by atoms with Gasteiger partial charge in [0.15, 0.2) is 5.82 Å². The van der Waals surface area contributed by atoms with Crippen molar-refractivity contribution in [3.8, 4) is 5.75 Å². The lowest BCUT2D eigenvalue weighted by Crippen LogP contribution is -2.53. The molecule has 1 aliphatic heterocycles. The third-order valence-electron chi connectivity index (χ3n) is 7.53. The number of carbonyl (C=O) groups is 2. The molecule has 0 saturated carbocycles. The molecular weight excluding hydrogens is 646 g/mol. The van der Waals surface area contributed by atoms with E-state index >= 15 is 0 Å². The van der Waals surface area contributed by atoms with Gasteiger partial charge in [-0.05, 0) is 57.4 Å². The summed E-state index contributed by atoms with van der Waals surface area (Å²) in [6, 6.07) is 3.25. The lowest BCUT2D eigenvalue weighted by Gasteiger charge is -2.39. The van der Waals surface area contributed by atoms with Crippen molar-refractivity contribution >= 4 is 46.5 Å². The quantitative estimate of drug-likeness (QED) is 0.177. The Balaban J connectivity index is 1.79. The van der Waals surface area contributed by atoms with E-state index in [0.29, 0.717) is 35.1 Å². The van der Waals surface area contributed by atoms with E-state index in [-0.39, 0.29) is 28.7 Å². The van der Waals surface area contributed by atoms with Crippen LogP contribution in [0.5, 0.6) is 5.75 Å². The number of methoxy groups -OCH3 is 1. The van der Waals surface area contributed by atoms with E-state index in [1.807, 2.05) is 30.9 Å². The minimum absolute atomic E-state index is 0.111. The van der Waals surface area contributed by atoms with E-state index < -0.39 is 42.4 Å². The van der Waals surface area contributed by atoms with Crippen LogP contribution in [0.15, 0.2) is 55.3 Å². The third kappa shape index (κ3) is 7.90. The summed E-state index contributed by atoms with van der Waals surface area (Å²) in [4.78, 5) is 39.8. The van der Waals surface area contributed by atoms with E-state index in [1.54, 1.807) is 12.1 Å². The lowest BCUT2D eigenvalue weighted by molar-refractivity contribution is -0.172. The first-order chi connectivity index (χ1) is 22.4. The van der Waals surface area contributed by atoms with Crippen LogP contribution in [0.2, 0.25) is 0 Å². The summed E-state index contributed by atoms with van der Waals surface area (Å²) in [6.07, 6.45) is -7.15. The average molecular weight is 681 g/mol. The number of urea groups is 1. The van der Waals surface area contributed by atoms with Crippen molar-refractivity contribution in [1.29, 1.82) is 0 Å². The molecule has 11 nitrogen and oxygen atoms in total. The number of hydrogen-bond donors (Lipinski definition) is 2. The summed E-state index contributed by atoms with van der Waals surface area (Å²) < 4.78 is 86.6. The fourth-order valence-corrected chi connectivity index (χ4v) is 4.77. The molecule has 1 aromatic heterocycles. The number of aromatic nitrogens is 2. The maximum atomic E-state index is 13.7. The SMILES string of the molecule is C=CC(=O)Nc1cc(Nc2ncc3c(n2)N(c2ccc(C(F)(F)F)cc2)C(=O)N([C@H](C)C(F)(F)F)C3)c(OC)cc1N(C)CCN(C)C. The van der Waals surface area contributed by atoms with Crippen molar-refractivity contribution in [3.63, 3.8) is 0 Å². The molecule has 2 heterocycles. The van der Waals surface area contributed by atoms with Gasteiger partial charge in [0.05, 0.1) is 42.0 Å². The molecule has 17 heteroatoms. The molecule has 3 aromatic rings. The number of likely N-dealkylation sites (N-methyl/N-ethyl adjacent to an activating group) is 2. The van der Waals surface area contributed by atoms with Gasteiger partial charge in [-0.25, -0.2) is 14.7 Å². The highest BCUT2D eigenvalue weighted by Gasteiger charge is 2.46. The predicted octanol–water partition coefficient (Wildman–Crippen LogP) is 6.39. The second kappa shape index (κ2) is 14.0. The van der Waals surface area contributed by atoms with Gasteiger partial charge in [0.1, 0.15) is 11.8 Å². The van der Waals surface area contributed by atoms with E-state index in [0.717, 1.165) is 42.2 Å². The van der Waals surface area contributed by atoms with Crippen LogP contribution in [0.3, 0.4) is 0 Å². The minimum Gasteiger partial charge on any atom is -0.494 e. The Morgan fingerprint density at radius 3 is 2.31 bits per heavy atom. The number of benzene rings is 2. The zero-order valence-electron chi connectivity index (χ0n) is 26.7. The van der Waals surface area contributed by atoms with Crippen molar-refractivity contribution in [1.82, 2.24) is 19.8 Å². The van der Waals surface area contributed by atoms with Crippen molar-refractivity contribution in [2.75, 3.05) is 61.8 Å². The Kier molecular flexibility index (Phi) is 10.4. The van der Waals surface area contributed by atoms with Crippen molar-refractivity contribution in [3.05, 3.63) is 66.4 Å². The van der Waals surface area contributed by atoms with Crippen LogP contribution in [-0.4, -0.2) is 85.3 Å². The Bertz CT molecular complexity index is 1660. The molecule has 3 amide bonds. The molecule has 0 bridgehead atoms. The van der Waals surface area contributed by atoms with Gasteiger partial charge in [-0.1, -0.05) is 6.58 Å². The number of nitrogens with one attached hydrogen (secondary N) is 2. The first kappa shape index (κ1) is 35.8. The number of amides is 3. The normalized spacial score (nSPS) is 14.0. The van der Waals surface area contributed by atoms with Gasteiger partial charge in [0.25, 0.3) is 0 Å². The Morgan fingerprint density at radius 1 is 1.08 bits per heavy atom. The minimum atomic E-state index is -4.79. The van der Waals surface area contributed by atoms with Crippen LogP contribution >= 0.6 is 0 Å². The number of rotatable bonds is 11. The number of fused-ring (bicyclic) bond motifs is 1. The molecule has 258 valence electrons. The van der Waals surface area contributed by atoms with E-state index in [9.17, 15) is 35.9 Å². The number of halogens is 6. The van der Waals surface area contributed by atoms with Crippen LogP contribution < -0.4 is 25.2 Å². The monoisotopic (exact) mass is 680 g/mol. The van der Waals surface area contributed by atoms with Gasteiger partial charge in [0.2, 0.25) is 11.9 Å². The maximum absolute atomic E-state index is 13.7. The molecule has 0 unspecified atom stereocenters. The molecular formula is C31H34F6N8O3. The second-order valence-corrected chi connectivity index (χ2v) is 11.2. The van der Waals surface area contributed by atoms with E-state index in [1.165, 1.54) is 13.3 Å². The maximum Gasteiger partial charge on any atom is 0.416 e. The molecule has 0 radical (unpaired) electrons. The summed E-state index contributed by atoms with van der Waals surface area (Å²) >= 11 is 0. The van der Waals surface area contributed by atoms with Crippen LogP contribution in [-0.2, 0) is 17.5 Å². The van der Waals surface area contributed by atoms with Gasteiger partial charge in [-0.15, -0.1) is 0 Å². The molecule has 0 aliphatic carbocycles. The number of hydrogen-bond acceptors (Lipinski definition) is 8. The largest absolute Gasteiger partial charge is 0.494 e. The average Bonchev–Trinajstić information content (AvgIpc) is 3.02. The summed E-state index contributed by atoms with van der Waals surface area (Å²) in [7, 11) is 7.08. The van der Waals surface area contributed by atoms with Crippen molar-refractivity contribution in [2.24, 2.45) is 0 Å². The van der Waals surface area contributed by atoms with Crippen molar-refractivity contribution in [2.45, 2.75) is 31.9 Å². The molecule has 4 rings (SSSR count). The Hall–Kier alpha value is -5.06. The molecule has 2 N–H and O–H groups in total. The second-order valence-electron chi connectivity index (χ2n) is 11.2. The summed E-state index contributed by atoms with van der Waals surface area (Å²) in [5.41, 5.74) is 0.218. The van der Waals surface area contributed by atoms with Crippen LogP contribution in [0.4, 0.5) is 65.7 Å². The zero-order valence-corrected chi connectivity index (χ0v) is 26.7. The highest BCUT2D eigenvalue weighted by atomic mass is 19.4. The summed E-state index contributed by atoms with van der Waals surface area (Å²) in [5, 5.41) is 5.72. The number of nitrogens with zero attached hydrogens (tertiary/aromatic N) is 6. The molecule has 1 aliphatic rings. The highest BCUT2D eigenvalue weighted by Crippen LogP contribution is 2.41. The van der Waals surface area contributed by atoms with E-state index in [2.05, 4.69) is 27.2 Å². The van der Waals surface area contributed by atoms with Crippen LogP contribution in [0, 0.1) is 0 Å². The number of carbonyl (C=O) groups excluding carboxylic acids is 2. The number of alkyl halides is 6. The molecule has 0 saturated heterocycles. The summed E-state index contributed by atoms with van der Waals surface area (Å²) in [6.45, 7) is 5.08. The molecule has 0 fully saturated rings. The number of ether oxygens (including phenoxy) is 1. The number of anilines is 6. The first-order valence-electron chi connectivity index (χ1n) is 14.4. The van der Waals surface area contributed by atoms with Crippen LogP contribution in [0.1, 0.15) is 18.1 Å². The van der Waals surface area contributed by atoms with E-state index in [4.69, 9.17) is 4.74 Å². The van der Waals surface area contributed by atoms with Gasteiger partial charge in [0, 0.05) is 38.0 Å². The fraction of sp³-hybridized carbons (Fsp3) is 0.355. The smallest absolute Gasteiger partial charge is 0.416 e. The topological polar surface area (TPSA) is 106 Å². The van der Waals surface area contributed by atoms with Crippen molar-refractivity contribution < 1.29 is 40.7 Å². The fourth-order valence-electron chi connectivity index (χ4n) is 4.77. The molecule has 0 spiro atoms. The van der Waals surface area contributed by atoms with Gasteiger partial charge in [-0.2, -0.15) is 31.3 Å². The Morgan fingerprint density at radius 2 is 1.75 bits per heavy atom. The van der Waals surface area contributed by atoms with Crippen LogP contribution in [0.25, 0.3) is 0 Å². The molecule has 2 aromatic carbocycles. The molecule has 48 heavy (non-hydrogen) atoms. The first-order valence-corrected chi connectivity index (χ1v) is 14.4. The third-order valence-corrected chi connectivity index (χ3v) is 7.53.